The van der Waals surface area contributed by atoms with Gasteiger partial charge in [0.05, 0.1) is 49.1 Å². The van der Waals surface area contributed by atoms with E-state index < -0.39 is 33.4 Å². The van der Waals surface area contributed by atoms with Gasteiger partial charge in [0.15, 0.2) is 0 Å². The lowest BCUT2D eigenvalue weighted by Crippen LogP contribution is -2.57. The molecule has 4 aliphatic rings. The van der Waals surface area contributed by atoms with Gasteiger partial charge in [0.25, 0.3) is 0 Å². The summed E-state index contributed by atoms with van der Waals surface area (Å²) < 4.78 is 9.69. The molecule has 4 fully saturated rings. The van der Waals surface area contributed by atoms with Gasteiger partial charge in [-0.2, -0.15) is 0 Å². The molecule has 0 saturated carbocycles. The van der Waals surface area contributed by atoms with Crippen molar-refractivity contribution in [2.75, 3.05) is 59.2 Å². The number of rotatable bonds is 10. The molecular weight excluding hydrogens is 470 g/mol. The van der Waals surface area contributed by atoms with Crippen molar-refractivity contribution in [2.45, 2.75) is 55.2 Å². The van der Waals surface area contributed by atoms with Crippen LogP contribution in [0.2, 0.25) is 0 Å². The summed E-state index contributed by atoms with van der Waals surface area (Å²) in [5.41, 5.74) is 0. The number of carbonyl (C=O) groups excluding carboxylic acids is 3. The lowest BCUT2D eigenvalue weighted by Gasteiger charge is -2.39. The summed E-state index contributed by atoms with van der Waals surface area (Å²) in [6.45, 7) is 14.0. The fourth-order valence-electron chi connectivity index (χ4n) is 6.50. The molecule has 0 aromatic rings. The number of nitrogens with zero attached hydrogens (tertiary/aromatic N) is 3. The number of hydrogen-bond donors (Lipinski definition) is 1. The fourth-order valence-corrected chi connectivity index (χ4v) is 8.83. The van der Waals surface area contributed by atoms with Crippen molar-refractivity contribution in [3.05, 3.63) is 12.7 Å². The molecule has 10 heteroatoms. The van der Waals surface area contributed by atoms with Gasteiger partial charge in [0.2, 0.25) is 11.8 Å². The SMILES string of the molecule is C=CCN(CCN1CCOCC1)C(=O)C1N([C@H](C)CO)C(=O)[C@@H]2[C@@H](C(=O)OCC)[C@@]3(C)CCC12S3. The first-order valence-electron chi connectivity index (χ1n) is 12.7. The lowest BCUT2D eigenvalue weighted by molar-refractivity contribution is -0.155. The highest BCUT2D eigenvalue weighted by Gasteiger charge is 2.78. The van der Waals surface area contributed by atoms with Crippen LogP contribution in [0.4, 0.5) is 0 Å². The molecule has 1 spiro atoms. The third-order valence-corrected chi connectivity index (χ3v) is 10.2. The second-order valence-corrected chi connectivity index (χ2v) is 12.2. The molecule has 9 nitrogen and oxygen atoms in total. The Morgan fingerprint density at radius 2 is 2.09 bits per heavy atom. The number of amides is 2. The van der Waals surface area contributed by atoms with Crippen molar-refractivity contribution in [2.24, 2.45) is 11.8 Å². The number of aliphatic hydroxyl groups is 1. The summed E-state index contributed by atoms with van der Waals surface area (Å²) in [6.07, 6.45) is 3.13. The van der Waals surface area contributed by atoms with Gasteiger partial charge in [-0.05, 0) is 33.6 Å². The van der Waals surface area contributed by atoms with E-state index in [1.165, 1.54) is 0 Å². The average molecular weight is 510 g/mol. The quantitative estimate of drug-likeness (QED) is 0.340. The number of thioether (sulfide) groups is 1. The zero-order valence-electron chi connectivity index (χ0n) is 21.1. The van der Waals surface area contributed by atoms with Crippen LogP contribution in [0.15, 0.2) is 12.7 Å². The molecule has 2 amide bonds. The number of carbonyl (C=O) groups is 3. The third kappa shape index (κ3) is 4.40. The number of esters is 1. The Morgan fingerprint density at radius 1 is 1.37 bits per heavy atom. The van der Waals surface area contributed by atoms with Crippen LogP contribution >= 0.6 is 11.8 Å². The molecule has 4 heterocycles. The fraction of sp³-hybridized carbons (Fsp3) is 0.800. The monoisotopic (exact) mass is 509 g/mol. The van der Waals surface area contributed by atoms with Crippen LogP contribution in [0.1, 0.15) is 33.6 Å². The van der Waals surface area contributed by atoms with Gasteiger partial charge in [-0.3, -0.25) is 19.3 Å². The van der Waals surface area contributed by atoms with Crippen molar-refractivity contribution in [1.82, 2.24) is 14.7 Å². The zero-order chi connectivity index (χ0) is 25.4. The Balaban J connectivity index is 1.66. The minimum atomic E-state index is -0.738. The van der Waals surface area contributed by atoms with E-state index in [0.717, 1.165) is 19.5 Å². The Labute approximate surface area is 212 Å². The molecule has 4 aliphatic heterocycles. The molecule has 35 heavy (non-hydrogen) atoms. The van der Waals surface area contributed by atoms with Crippen LogP contribution in [-0.4, -0.2) is 118 Å². The summed E-state index contributed by atoms with van der Waals surface area (Å²) in [6, 6.07) is -1.27. The first-order chi connectivity index (χ1) is 16.7. The predicted molar refractivity (Wildman–Crippen MR) is 133 cm³/mol. The van der Waals surface area contributed by atoms with E-state index in [4.69, 9.17) is 9.47 Å². The normalized spacial score (nSPS) is 35.1. The topological polar surface area (TPSA) is 99.6 Å². The summed E-state index contributed by atoms with van der Waals surface area (Å²) in [5, 5.41) is 10.0. The van der Waals surface area contributed by atoms with Gasteiger partial charge < -0.3 is 24.4 Å². The van der Waals surface area contributed by atoms with Crippen molar-refractivity contribution in [3.63, 3.8) is 0 Å². The van der Waals surface area contributed by atoms with E-state index in [-0.39, 0.29) is 31.0 Å². The molecule has 0 radical (unpaired) electrons. The summed E-state index contributed by atoms with van der Waals surface area (Å²) >= 11 is 1.62. The molecule has 0 aromatic heterocycles. The molecule has 2 unspecified atom stereocenters. The third-order valence-electron chi connectivity index (χ3n) is 8.18. The van der Waals surface area contributed by atoms with E-state index in [1.807, 2.05) is 6.92 Å². The molecule has 0 aromatic carbocycles. The molecule has 0 aliphatic carbocycles. The second kappa shape index (κ2) is 10.4. The number of morpholine rings is 1. The van der Waals surface area contributed by atoms with Gasteiger partial charge >= 0.3 is 5.97 Å². The Bertz CT molecular complexity index is 851. The van der Waals surface area contributed by atoms with E-state index in [1.54, 1.807) is 41.5 Å². The van der Waals surface area contributed by atoms with E-state index in [0.29, 0.717) is 39.3 Å². The maximum atomic E-state index is 14.2. The summed E-state index contributed by atoms with van der Waals surface area (Å²) in [5.74, 6) is -1.93. The number of likely N-dealkylation sites (tertiary alicyclic amines) is 1. The maximum absolute atomic E-state index is 14.2. The van der Waals surface area contributed by atoms with Gasteiger partial charge in [0.1, 0.15) is 6.04 Å². The Hall–Kier alpha value is -1.62. The van der Waals surface area contributed by atoms with Crippen LogP contribution < -0.4 is 0 Å². The van der Waals surface area contributed by atoms with E-state index in [9.17, 15) is 19.5 Å². The highest BCUT2D eigenvalue weighted by molar-refractivity contribution is 8.02. The molecular formula is C25H39N3O6S. The number of aliphatic hydroxyl groups excluding tert-OH is 1. The van der Waals surface area contributed by atoms with E-state index >= 15 is 0 Å². The van der Waals surface area contributed by atoms with Gasteiger partial charge in [-0.1, -0.05) is 6.08 Å². The lowest BCUT2D eigenvalue weighted by atomic mass is 9.66. The first-order valence-corrected chi connectivity index (χ1v) is 13.5. The van der Waals surface area contributed by atoms with Crippen molar-refractivity contribution >= 4 is 29.5 Å². The average Bonchev–Trinajstić information content (AvgIpc) is 3.42. The molecule has 6 atom stereocenters. The number of ether oxygens (including phenoxy) is 2. The van der Waals surface area contributed by atoms with Crippen molar-refractivity contribution < 1.29 is 29.0 Å². The predicted octanol–water partition coefficient (Wildman–Crippen LogP) is 0.758. The van der Waals surface area contributed by atoms with Crippen molar-refractivity contribution in [1.29, 1.82) is 0 Å². The Kier molecular flexibility index (Phi) is 7.85. The summed E-state index contributed by atoms with van der Waals surface area (Å²) in [7, 11) is 0. The highest BCUT2D eigenvalue weighted by Crippen LogP contribution is 2.71. The van der Waals surface area contributed by atoms with Crippen LogP contribution in [0, 0.1) is 11.8 Å². The molecule has 4 saturated heterocycles. The number of hydrogen-bond acceptors (Lipinski definition) is 8. The molecule has 196 valence electrons. The van der Waals surface area contributed by atoms with Crippen LogP contribution in [-0.2, 0) is 23.9 Å². The van der Waals surface area contributed by atoms with Gasteiger partial charge in [-0.25, -0.2) is 0 Å². The van der Waals surface area contributed by atoms with Crippen LogP contribution in [0.3, 0.4) is 0 Å². The minimum Gasteiger partial charge on any atom is -0.466 e. The van der Waals surface area contributed by atoms with Gasteiger partial charge in [0, 0.05) is 37.5 Å². The minimum absolute atomic E-state index is 0.129. The van der Waals surface area contributed by atoms with Crippen molar-refractivity contribution in [3.8, 4) is 0 Å². The maximum Gasteiger partial charge on any atom is 0.311 e. The zero-order valence-corrected chi connectivity index (χ0v) is 21.9. The van der Waals surface area contributed by atoms with E-state index in [2.05, 4.69) is 11.5 Å². The van der Waals surface area contributed by atoms with Crippen LogP contribution in [0.25, 0.3) is 0 Å². The largest absolute Gasteiger partial charge is 0.466 e. The number of fused-ring (bicyclic) bond motifs is 1. The summed E-state index contributed by atoms with van der Waals surface area (Å²) in [4.78, 5) is 46.9. The first kappa shape index (κ1) is 26.4. The van der Waals surface area contributed by atoms with Crippen LogP contribution in [0.5, 0.6) is 0 Å². The standard InChI is InChI=1S/C25H39N3O6S/c1-5-9-27(11-10-26-12-14-33-15-13-26)22(31)20-25-8-7-24(4,35-25)19(23(32)34-6-2)18(25)21(30)28(20)17(3)16-29/h5,17-20,29H,1,6-16H2,2-4H3/t17-,18+,19+,20?,24-,25?/m1/s1. The Morgan fingerprint density at radius 3 is 2.71 bits per heavy atom. The molecule has 1 N–H and O–H groups in total. The highest BCUT2D eigenvalue weighted by atomic mass is 32.2. The second-order valence-electron chi connectivity index (χ2n) is 10.3. The molecule has 2 bridgehead atoms. The van der Waals surface area contributed by atoms with Gasteiger partial charge in [-0.15, -0.1) is 18.3 Å². The smallest absolute Gasteiger partial charge is 0.311 e. The molecule has 4 rings (SSSR count).